The summed E-state index contributed by atoms with van der Waals surface area (Å²) in [7, 11) is 1.40. The minimum absolute atomic E-state index is 0.149. The van der Waals surface area contributed by atoms with E-state index < -0.39 is 0 Å². The van der Waals surface area contributed by atoms with Crippen molar-refractivity contribution >= 4 is 39.3 Å². The second-order valence-corrected chi connectivity index (χ2v) is 5.79. The number of nitrogens with two attached hydrogens (primary N) is 1. The van der Waals surface area contributed by atoms with Crippen molar-refractivity contribution < 1.29 is 9.53 Å². The molecule has 16 heavy (non-hydrogen) atoms. The molecule has 0 spiro atoms. The van der Waals surface area contributed by atoms with E-state index in [0.717, 1.165) is 15.1 Å². The van der Waals surface area contributed by atoms with Crippen LogP contribution in [0.5, 0.6) is 0 Å². The van der Waals surface area contributed by atoms with Gasteiger partial charge in [0.25, 0.3) is 0 Å². The first kappa shape index (κ1) is 13.4. The zero-order valence-corrected chi connectivity index (χ0v) is 11.6. The number of benzene rings is 1. The average molecular weight is 304 g/mol. The number of rotatable bonds is 4. The van der Waals surface area contributed by atoms with Gasteiger partial charge in [-0.1, -0.05) is 22.9 Å². The molecule has 0 heterocycles. The highest BCUT2D eigenvalue weighted by Crippen LogP contribution is 2.31. The molecular formula is C11H14BrNO2S. The summed E-state index contributed by atoms with van der Waals surface area (Å²) >= 11 is 4.93. The summed E-state index contributed by atoms with van der Waals surface area (Å²) in [6.07, 6.45) is 0.386. The Morgan fingerprint density at radius 1 is 1.62 bits per heavy atom. The van der Waals surface area contributed by atoms with Crippen LogP contribution in [-0.4, -0.2) is 18.3 Å². The SMILES string of the molecule is COC(=O)CC(C)Sc1ccc(Br)cc1N. The van der Waals surface area contributed by atoms with Crippen LogP contribution in [-0.2, 0) is 9.53 Å². The standard InChI is InChI=1S/C11H14BrNO2S/c1-7(5-11(14)15-2)16-10-4-3-8(12)6-9(10)13/h3-4,6-7H,5,13H2,1-2H3. The van der Waals surface area contributed by atoms with E-state index in [1.807, 2.05) is 25.1 Å². The van der Waals surface area contributed by atoms with Gasteiger partial charge in [-0.05, 0) is 18.2 Å². The summed E-state index contributed by atoms with van der Waals surface area (Å²) in [5, 5.41) is 0.149. The van der Waals surface area contributed by atoms with Gasteiger partial charge >= 0.3 is 5.97 Å². The third-order valence-corrected chi connectivity index (χ3v) is 3.67. The molecule has 88 valence electrons. The topological polar surface area (TPSA) is 52.3 Å². The fourth-order valence-electron chi connectivity index (χ4n) is 1.20. The Bertz CT molecular complexity index is 384. The lowest BCUT2D eigenvalue weighted by Crippen LogP contribution is -2.08. The summed E-state index contributed by atoms with van der Waals surface area (Å²) in [5.74, 6) is -0.198. The Morgan fingerprint density at radius 3 is 2.88 bits per heavy atom. The van der Waals surface area contributed by atoms with E-state index in [1.165, 1.54) is 7.11 Å². The van der Waals surface area contributed by atoms with Gasteiger partial charge in [-0.15, -0.1) is 11.8 Å². The van der Waals surface area contributed by atoms with E-state index in [2.05, 4.69) is 20.7 Å². The van der Waals surface area contributed by atoms with Crippen molar-refractivity contribution in [3.05, 3.63) is 22.7 Å². The molecule has 0 bridgehead atoms. The number of carbonyl (C=O) groups is 1. The summed E-state index contributed by atoms with van der Waals surface area (Å²) in [6.45, 7) is 1.98. The van der Waals surface area contributed by atoms with Crippen molar-refractivity contribution in [3.63, 3.8) is 0 Å². The second-order valence-electron chi connectivity index (χ2n) is 3.39. The van der Waals surface area contributed by atoms with Crippen LogP contribution < -0.4 is 5.73 Å². The molecule has 3 nitrogen and oxygen atoms in total. The zero-order valence-electron chi connectivity index (χ0n) is 9.20. The quantitative estimate of drug-likeness (QED) is 0.527. The number of halogens is 1. The number of nitrogen functional groups attached to an aromatic ring is 1. The van der Waals surface area contributed by atoms with E-state index in [4.69, 9.17) is 5.73 Å². The predicted octanol–water partition coefficient (Wildman–Crippen LogP) is 3.08. The monoisotopic (exact) mass is 303 g/mol. The van der Waals surface area contributed by atoms with E-state index in [0.29, 0.717) is 6.42 Å². The van der Waals surface area contributed by atoms with Crippen LogP contribution in [0.15, 0.2) is 27.6 Å². The Morgan fingerprint density at radius 2 is 2.31 bits per heavy atom. The van der Waals surface area contributed by atoms with Crippen LogP contribution in [0.4, 0.5) is 5.69 Å². The molecule has 1 rings (SSSR count). The molecule has 0 aliphatic carbocycles. The lowest BCUT2D eigenvalue weighted by atomic mass is 10.3. The first-order valence-corrected chi connectivity index (χ1v) is 6.48. The van der Waals surface area contributed by atoms with Crippen molar-refractivity contribution in [1.29, 1.82) is 0 Å². The van der Waals surface area contributed by atoms with Crippen molar-refractivity contribution in [1.82, 2.24) is 0 Å². The van der Waals surface area contributed by atoms with Crippen LogP contribution in [0, 0.1) is 0 Å². The van der Waals surface area contributed by atoms with Gasteiger partial charge in [-0.3, -0.25) is 4.79 Å². The predicted molar refractivity (Wildman–Crippen MR) is 70.5 cm³/mol. The van der Waals surface area contributed by atoms with Gasteiger partial charge in [0.1, 0.15) is 0 Å². The molecule has 0 fully saturated rings. The zero-order chi connectivity index (χ0) is 12.1. The molecule has 0 saturated heterocycles. The molecule has 1 atom stereocenters. The highest BCUT2D eigenvalue weighted by Gasteiger charge is 2.12. The minimum Gasteiger partial charge on any atom is -0.469 e. The van der Waals surface area contributed by atoms with E-state index in [-0.39, 0.29) is 11.2 Å². The summed E-state index contributed by atoms with van der Waals surface area (Å²) in [5.41, 5.74) is 6.58. The molecule has 0 aromatic heterocycles. The van der Waals surface area contributed by atoms with Crippen LogP contribution in [0.3, 0.4) is 0 Å². The van der Waals surface area contributed by atoms with Gasteiger partial charge in [0, 0.05) is 20.3 Å². The Labute approximate surface area is 108 Å². The molecule has 0 amide bonds. The molecule has 1 unspecified atom stereocenters. The van der Waals surface area contributed by atoms with Crippen molar-refractivity contribution in [2.75, 3.05) is 12.8 Å². The smallest absolute Gasteiger partial charge is 0.306 e. The molecular weight excluding hydrogens is 290 g/mol. The largest absolute Gasteiger partial charge is 0.469 e. The molecule has 1 aromatic rings. The minimum atomic E-state index is -0.198. The summed E-state index contributed by atoms with van der Waals surface area (Å²) < 4.78 is 5.57. The number of carbonyl (C=O) groups excluding carboxylic acids is 1. The highest BCUT2D eigenvalue weighted by atomic mass is 79.9. The average Bonchev–Trinajstić information content (AvgIpc) is 2.22. The molecule has 1 aromatic carbocycles. The second kappa shape index (κ2) is 6.15. The van der Waals surface area contributed by atoms with Crippen molar-refractivity contribution in [3.8, 4) is 0 Å². The molecule has 0 saturated carbocycles. The number of hydrogen-bond acceptors (Lipinski definition) is 4. The highest BCUT2D eigenvalue weighted by molar-refractivity contribution is 9.10. The van der Waals surface area contributed by atoms with Crippen LogP contribution in [0.2, 0.25) is 0 Å². The molecule has 0 radical (unpaired) electrons. The first-order chi connectivity index (χ1) is 7.52. The van der Waals surface area contributed by atoms with E-state index in [9.17, 15) is 4.79 Å². The number of thioether (sulfide) groups is 1. The van der Waals surface area contributed by atoms with Gasteiger partial charge in [0.2, 0.25) is 0 Å². The number of ether oxygens (including phenoxy) is 1. The maximum absolute atomic E-state index is 11.1. The van der Waals surface area contributed by atoms with Crippen molar-refractivity contribution in [2.24, 2.45) is 0 Å². The van der Waals surface area contributed by atoms with Gasteiger partial charge < -0.3 is 10.5 Å². The third kappa shape index (κ3) is 4.06. The van der Waals surface area contributed by atoms with E-state index in [1.54, 1.807) is 11.8 Å². The van der Waals surface area contributed by atoms with Gasteiger partial charge in [-0.25, -0.2) is 0 Å². The Kier molecular flexibility index (Phi) is 5.15. The van der Waals surface area contributed by atoms with Crippen LogP contribution in [0.1, 0.15) is 13.3 Å². The summed E-state index contributed by atoms with van der Waals surface area (Å²) in [4.78, 5) is 12.1. The Balaban J connectivity index is 2.62. The molecule has 0 aliphatic rings. The number of hydrogen-bond donors (Lipinski definition) is 1. The fourth-order valence-corrected chi connectivity index (χ4v) is 2.58. The Hall–Kier alpha value is -0.680. The first-order valence-electron chi connectivity index (χ1n) is 4.81. The van der Waals surface area contributed by atoms with Crippen molar-refractivity contribution in [2.45, 2.75) is 23.5 Å². The molecule has 2 N–H and O–H groups in total. The van der Waals surface area contributed by atoms with Gasteiger partial charge in [-0.2, -0.15) is 0 Å². The third-order valence-electron chi connectivity index (χ3n) is 1.98. The van der Waals surface area contributed by atoms with Gasteiger partial charge in [0.05, 0.1) is 13.5 Å². The number of esters is 1. The van der Waals surface area contributed by atoms with Crippen LogP contribution >= 0.6 is 27.7 Å². The molecule has 5 heteroatoms. The maximum Gasteiger partial charge on any atom is 0.306 e. The van der Waals surface area contributed by atoms with E-state index >= 15 is 0 Å². The lowest BCUT2D eigenvalue weighted by molar-refractivity contribution is -0.140. The number of anilines is 1. The lowest BCUT2D eigenvalue weighted by Gasteiger charge is -2.11. The normalized spacial score (nSPS) is 12.2. The maximum atomic E-state index is 11.1. The molecule has 0 aliphatic heterocycles. The van der Waals surface area contributed by atoms with Gasteiger partial charge in [0.15, 0.2) is 0 Å². The summed E-state index contributed by atoms with van der Waals surface area (Å²) in [6, 6.07) is 5.73. The number of methoxy groups -OCH3 is 1. The van der Waals surface area contributed by atoms with Crippen LogP contribution in [0.25, 0.3) is 0 Å². The fraction of sp³-hybridized carbons (Fsp3) is 0.364.